The molecule has 120 valence electrons. The van der Waals surface area contributed by atoms with Gasteiger partial charge in [0, 0.05) is 12.5 Å². The van der Waals surface area contributed by atoms with Crippen molar-refractivity contribution >= 4 is 5.78 Å². The van der Waals surface area contributed by atoms with Gasteiger partial charge in [-0.3, -0.25) is 4.79 Å². The largest absolute Gasteiger partial charge is 0.489 e. The number of hydrogen-bond acceptors (Lipinski definition) is 3. The Morgan fingerprint density at radius 2 is 1.91 bits per heavy atom. The van der Waals surface area contributed by atoms with Gasteiger partial charge in [-0.15, -0.1) is 0 Å². The van der Waals surface area contributed by atoms with Gasteiger partial charge in [0.25, 0.3) is 0 Å². The van der Waals surface area contributed by atoms with Crippen molar-refractivity contribution in [3.05, 3.63) is 29.8 Å². The average molecular weight is 301 g/mol. The second kappa shape index (κ2) is 7.28. The van der Waals surface area contributed by atoms with Crippen LogP contribution in [0.1, 0.15) is 55.8 Å². The Morgan fingerprint density at radius 1 is 1.14 bits per heavy atom. The van der Waals surface area contributed by atoms with Crippen molar-refractivity contribution in [2.45, 2.75) is 51.6 Å². The van der Waals surface area contributed by atoms with E-state index in [9.17, 15) is 4.79 Å². The molecule has 1 aromatic carbocycles. The molecule has 1 saturated carbocycles. The van der Waals surface area contributed by atoms with Gasteiger partial charge in [-0.1, -0.05) is 31.4 Å². The maximum atomic E-state index is 11.9. The molecule has 0 aromatic heterocycles. The molecule has 0 amide bonds. The quantitative estimate of drug-likeness (QED) is 0.840. The van der Waals surface area contributed by atoms with Gasteiger partial charge >= 0.3 is 0 Å². The van der Waals surface area contributed by atoms with Crippen LogP contribution in [0, 0.1) is 11.8 Å². The molecule has 1 saturated heterocycles. The lowest BCUT2D eigenvalue weighted by Gasteiger charge is -2.34. The number of ether oxygens (including phenoxy) is 1. The zero-order valence-corrected chi connectivity index (χ0v) is 13.5. The van der Waals surface area contributed by atoms with Crippen molar-refractivity contribution in [1.29, 1.82) is 0 Å². The van der Waals surface area contributed by atoms with Crippen LogP contribution >= 0.6 is 0 Å². The van der Waals surface area contributed by atoms with E-state index in [0.29, 0.717) is 17.4 Å². The molecule has 0 radical (unpaired) electrons. The molecule has 1 aromatic rings. The molecule has 3 nitrogen and oxygen atoms in total. The normalized spacial score (nSPS) is 24.1. The summed E-state index contributed by atoms with van der Waals surface area (Å²) in [5, 5.41) is 3.47. The van der Waals surface area contributed by atoms with Gasteiger partial charge in [-0.05, 0) is 50.8 Å². The molecule has 22 heavy (non-hydrogen) atoms. The Hall–Kier alpha value is -1.35. The van der Waals surface area contributed by atoms with Crippen molar-refractivity contribution in [3.8, 4) is 5.75 Å². The monoisotopic (exact) mass is 301 g/mol. The molecule has 3 rings (SSSR count). The number of Topliss-reactive ketones (excluding diaryl/α,β-unsaturated/α-hetero) is 1. The topological polar surface area (TPSA) is 38.3 Å². The number of ketones is 1. The third kappa shape index (κ3) is 3.52. The van der Waals surface area contributed by atoms with Gasteiger partial charge < -0.3 is 10.1 Å². The van der Waals surface area contributed by atoms with E-state index in [4.69, 9.17) is 4.74 Å². The van der Waals surface area contributed by atoms with E-state index in [2.05, 4.69) is 5.32 Å². The Balaban J connectivity index is 1.81. The van der Waals surface area contributed by atoms with Crippen molar-refractivity contribution in [2.75, 3.05) is 13.1 Å². The number of nitrogens with one attached hydrogen (secondary N) is 1. The van der Waals surface area contributed by atoms with E-state index >= 15 is 0 Å². The summed E-state index contributed by atoms with van der Waals surface area (Å²) in [6.45, 7) is 3.75. The lowest BCUT2D eigenvalue weighted by Crippen LogP contribution is -2.37. The van der Waals surface area contributed by atoms with E-state index in [1.165, 1.54) is 38.5 Å². The SMILES string of the molecule is CC(=O)c1ccccc1O[C@@H](C1CCCCC1)C1CCNC1. The summed E-state index contributed by atoms with van der Waals surface area (Å²) < 4.78 is 6.47. The van der Waals surface area contributed by atoms with Crippen LogP contribution in [0.2, 0.25) is 0 Å². The Bertz CT molecular complexity index is 502. The number of carbonyl (C=O) groups is 1. The zero-order valence-electron chi connectivity index (χ0n) is 13.5. The maximum Gasteiger partial charge on any atom is 0.163 e. The number of para-hydroxylation sites is 1. The smallest absolute Gasteiger partial charge is 0.163 e. The van der Waals surface area contributed by atoms with Gasteiger partial charge in [-0.25, -0.2) is 0 Å². The number of hydrogen-bond donors (Lipinski definition) is 1. The van der Waals surface area contributed by atoms with Crippen LogP contribution in [0.15, 0.2) is 24.3 Å². The zero-order chi connectivity index (χ0) is 15.4. The highest BCUT2D eigenvalue weighted by molar-refractivity contribution is 5.96. The molecule has 0 bridgehead atoms. The highest BCUT2D eigenvalue weighted by Crippen LogP contribution is 2.35. The predicted octanol–water partition coefficient (Wildman–Crippen LogP) is 3.83. The van der Waals surface area contributed by atoms with E-state index < -0.39 is 0 Å². The van der Waals surface area contributed by atoms with Crippen LogP contribution in [0.25, 0.3) is 0 Å². The standard InChI is InChI=1S/C19H27NO2/c1-14(21)17-9-5-6-10-18(17)22-19(16-11-12-20-13-16)15-7-3-2-4-8-15/h5-6,9-10,15-16,19-20H,2-4,7-8,11-13H2,1H3/t16?,19-/m0/s1. The Labute approximate surface area is 133 Å². The number of carbonyl (C=O) groups excluding carboxylic acids is 1. The first-order valence-corrected chi connectivity index (χ1v) is 8.73. The summed E-state index contributed by atoms with van der Waals surface area (Å²) in [6, 6.07) is 7.71. The maximum absolute atomic E-state index is 11.9. The lowest BCUT2D eigenvalue weighted by molar-refractivity contribution is 0.0609. The Kier molecular flexibility index (Phi) is 5.14. The van der Waals surface area contributed by atoms with Crippen LogP contribution in [0.4, 0.5) is 0 Å². The molecule has 1 aliphatic carbocycles. The van der Waals surface area contributed by atoms with Crippen LogP contribution in [-0.2, 0) is 0 Å². The summed E-state index contributed by atoms with van der Waals surface area (Å²) in [6.07, 6.45) is 7.96. The molecule has 3 heteroatoms. The fraction of sp³-hybridized carbons (Fsp3) is 0.632. The molecule has 2 fully saturated rings. The van der Waals surface area contributed by atoms with Crippen LogP contribution in [0.5, 0.6) is 5.75 Å². The van der Waals surface area contributed by atoms with Crippen LogP contribution < -0.4 is 10.1 Å². The summed E-state index contributed by atoms with van der Waals surface area (Å²) in [5.74, 6) is 2.07. The van der Waals surface area contributed by atoms with Gasteiger partial charge in [0.15, 0.2) is 5.78 Å². The van der Waals surface area contributed by atoms with E-state index in [0.717, 1.165) is 18.8 Å². The lowest BCUT2D eigenvalue weighted by atomic mass is 9.80. The van der Waals surface area contributed by atoms with Gasteiger partial charge in [-0.2, -0.15) is 0 Å². The van der Waals surface area contributed by atoms with Gasteiger partial charge in [0.2, 0.25) is 0 Å². The second-order valence-electron chi connectivity index (χ2n) is 6.79. The van der Waals surface area contributed by atoms with Crippen molar-refractivity contribution < 1.29 is 9.53 Å². The number of benzene rings is 1. The predicted molar refractivity (Wildman–Crippen MR) is 88.4 cm³/mol. The van der Waals surface area contributed by atoms with Crippen LogP contribution in [0.3, 0.4) is 0 Å². The van der Waals surface area contributed by atoms with E-state index in [-0.39, 0.29) is 11.9 Å². The fourth-order valence-corrected chi connectivity index (χ4v) is 4.00. The summed E-state index contributed by atoms with van der Waals surface area (Å²) in [7, 11) is 0. The molecule has 1 unspecified atom stereocenters. The minimum atomic E-state index is 0.0857. The molecule has 1 aliphatic heterocycles. The second-order valence-corrected chi connectivity index (χ2v) is 6.79. The fourth-order valence-electron chi connectivity index (χ4n) is 4.00. The summed E-state index contributed by atoms with van der Waals surface area (Å²) in [5.41, 5.74) is 0.717. The average Bonchev–Trinajstić information content (AvgIpc) is 3.08. The molecule has 2 atom stereocenters. The minimum absolute atomic E-state index is 0.0857. The Morgan fingerprint density at radius 3 is 2.59 bits per heavy atom. The molecule has 1 N–H and O–H groups in total. The van der Waals surface area contributed by atoms with E-state index in [1.54, 1.807) is 6.92 Å². The highest BCUT2D eigenvalue weighted by Gasteiger charge is 2.34. The minimum Gasteiger partial charge on any atom is -0.489 e. The first-order valence-electron chi connectivity index (χ1n) is 8.73. The molecule has 2 aliphatic rings. The van der Waals surface area contributed by atoms with Gasteiger partial charge in [0.05, 0.1) is 5.56 Å². The summed E-state index contributed by atoms with van der Waals surface area (Å²) in [4.78, 5) is 11.9. The molecule has 0 spiro atoms. The molecular formula is C19H27NO2. The molecular weight excluding hydrogens is 274 g/mol. The first kappa shape index (κ1) is 15.5. The first-order chi connectivity index (χ1) is 10.8. The van der Waals surface area contributed by atoms with Crippen molar-refractivity contribution in [1.82, 2.24) is 5.32 Å². The van der Waals surface area contributed by atoms with Crippen molar-refractivity contribution in [3.63, 3.8) is 0 Å². The van der Waals surface area contributed by atoms with Crippen LogP contribution in [-0.4, -0.2) is 25.0 Å². The number of rotatable bonds is 5. The summed E-state index contributed by atoms with van der Waals surface area (Å²) >= 11 is 0. The van der Waals surface area contributed by atoms with E-state index in [1.807, 2.05) is 24.3 Å². The highest BCUT2D eigenvalue weighted by atomic mass is 16.5. The van der Waals surface area contributed by atoms with Crippen molar-refractivity contribution in [2.24, 2.45) is 11.8 Å². The van der Waals surface area contributed by atoms with Gasteiger partial charge in [0.1, 0.15) is 11.9 Å². The third-order valence-corrected chi connectivity index (χ3v) is 5.21. The third-order valence-electron chi connectivity index (χ3n) is 5.21. The molecule has 1 heterocycles.